The van der Waals surface area contributed by atoms with Crippen LogP contribution in [0, 0.1) is 0 Å². The van der Waals surface area contributed by atoms with Gasteiger partial charge in [0.2, 0.25) is 0 Å². The Labute approximate surface area is 105 Å². The SMILES string of the molecule is NC(CS(=O)C1CCOCC1)c1ccccc1. The molecule has 2 rings (SSSR count). The van der Waals surface area contributed by atoms with Crippen LogP contribution < -0.4 is 5.73 Å². The van der Waals surface area contributed by atoms with Crippen molar-refractivity contribution in [3.63, 3.8) is 0 Å². The lowest BCUT2D eigenvalue weighted by molar-refractivity contribution is 0.0992. The van der Waals surface area contributed by atoms with Gasteiger partial charge in [-0.2, -0.15) is 0 Å². The molecule has 0 spiro atoms. The van der Waals surface area contributed by atoms with Crippen molar-refractivity contribution in [2.75, 3.05) is 19.0 Å². The minimum absolute atomic E-state index is 0.125. The first kappa shape index (κ1) is 12.7. The van der Waals surface area contributed by atoms with Crippen LogP contribution in [-0.2, 0) is 15.5 Å². The van der Waals surface area contributed by atoms with Gasteiger partial charge in [0.25, 0.3) is 0 Å². The average molecular weight is 253 g/mol. The Morgan fingerprint density at radius 2 is 1.94 bits per heavy atom. The van der Waals surface area contributed by atoms with Gasteiger partial charge in [0.15, 0.2) is 0 Å². The molecular weight excluding hydrogens is 234 g/mol. The second kappa shape index (κ2) is 6.28. The minimum atomic E-state index is -0.842. The van der Waals surface area contributed by atoms with Crippen LogP contribution in [-0.4, -0.2) is 28.4 Å². The average Bonchev–Trinajstić information content (AvgIpc) is 2.40. The fraction of sp³-hybridized carbons (Fsp3) is 0.538. The Hall–Kier alpha value is -0.710. The second-order valence-electron chi connectivity index (χ2n) is 4.38. The molecule has 1 saturated heterocycles. The molecule has 1 heterocycles. The van der Waals surface area contributed by atoms with Crippen molar-refractivity contribution in [3.8, 4) is 0 Å². The summed E-state index contributed by atoms with van der Waals surface area (Å²) in [6, 6.07) is 9.75. The molecule has 1 aliphatic rings. The molecule has 1 fully saturated rings. The lowest BCUT2D eigenvalue weighted by Crippen LogP contribution is -2.30. The summed E-state index contributed by atoms with van der Waals surface area (Å²) in [7, 11) is -0.842. The highest BCUT2D eigenvalue weighted by molar-refractivity contribution is 7.85. The third-order valence-corrected chi connectivity index (χ3v) is 5.01. The summed E-state index contributed by atoms with van der Waals surface area (Å²) in [5.41, 5.74) is 7.14. The van der Waals surface area contributed by atoms with Gasteiger partial charge < -0.3 is 10.5 Å². The first-order valence-corrected chi connectivity index (χ1v) is 7.41. The van der Waals surface area contributed by atoms with E-state index in [9.17, 15) is 4.21 Å². The molecule has 0 bridgehead atoms. The van der Waals surface area contributed by atoms with Crippen LogP contribution in [0.1, 0.15) is 24.4 Å². The van der Waals surface area contributed by atoms with Gasteiger partial charge in [0.1, 0.15) is 0 Å². The van der Waals surface area contributed by atoms with Gasteiger partial charge in [-0.05, 0) is 18.4 Å². The van der Waals surface area contributed by atoms with Crippen molar-refractivity contribution in [2.24, 2.45) is 5.73 Å². The zero-order valence-corrected chi connectivity index (χ0v) is 10.7. The summed E-state index contributed by atoms with van der Waals surface area (Å²) in [6.45, 7) is 1.47. The topological polar surface area (TPSA) is 52.3 Å². The zero-order valence-electron chi connectivity index (χ0n) is 9.88. The molecule has 0 aromatic heterocycles. The molecule has 2 unspecified atom stereocenters. The Morgan fingerprint density at radius 1 is 1.29 bits per heavy atom. The second-order valence-corrected chi connectivity index (χ2v) is 6.14. The molecule has 0 amide bonds. The van der Waals surface area contributed by atoms with Gasteiger partial charge in [-0.15, -0.1) is 0 Å². The van der Waals surface area contributed by atoms with Crippen molar-refractivity contribution in [2.45, 2.75) is 24.1 Å². The first-order valence-electron chi connectivity index (χ1n) is 6.03. The molecular formula is C13H19NO2S. The van der Waals surface area contributed by atoms with Gasteiger partial charge in [-0.25, -0.2) is 0 Å². The maximum atomic E-state index is 12.2. The van der Waals surface area contributed by atoms with E-state index in [4.69, 9.17) is 10.5 Å². The van der Waals surface area contributed by atoms with E-state index < -0.39 is 10.8 Å². The van der Waals surface area contributed by atoms with Crippen LogP contribution in [0.3, 0.4) is 0 Å². The molecule has 3 nitrogen and oxygen atoms in total. The number of hydrogen-bond donors (Lipinski definition) is 1. The largest absolute Gasteiger partial charge is 0.381 e. The summed E-state index contributed by atoms with van der Waals surface area (Å²) in [4.78, 5) is 0. The summed E-state index contributed by atoms with van der Waals surface area (Å²) < 4.78 is 17.4. The fourth-order valence-corrected chi connectivity index (χ4v) is 3.59. The number of hydrogen-bond acceptors (Lipinski definition) is 3. The monoisotopic (exact) mass is 253 g/mol. The maximum Gasteiger partial charge on any atom is 0.0477 e. The highest BCUT2D eigenvalue weighted by Crippen LogP contribution is 2.18. The molecule has 1 aromatic rings. The van der Waals surface area contributed by atoms with E-state index in [0.29, 0.717) is 5.75 Å². The number of nitrogens with two attached hydrogens (primary N) is 1. The zero-order chi connectivity index (χ0) is 12.1. The fourth-order valence-electron chi connectivity index (χ4n) is 2.05. The predicted octanol–water partition coefficient (Wildman–Crippen LogP) is 1.61. The summed E-state index contributed by atoms with van der Waals surface area (Å²) in [5.74, 6) is 0.550. The van der Waals surface area contributed by atoms with Crippen LogP contribution in [0.4, 0.5) is 0 Å². The Morgan fingerprint density at radius 3 is 2.59 bits per heavy atom. The van der Waals surface area contributed by atoms with E-state index in [1.165, 1.54) is 0 Å². The maximum absolute atomic E-state index is 12.2. The Balaban J connectivity index is 1.89. The van der Waals surface area contributed by atoms with Crippen molar-refractivity contribution in [3.05, 3.63) is 35.9 Å². The van der Waals surface area contributed by atoms with Crippen molar-refractivity contribution in [1.82, 2.24) is 0 Å². The van der Waals surface area contributed by atoms with Gasteiger partial charge in [0, 0.05) is 41.1 Å². The molecule has 0 radical (unpaired) electrons. The van der Waals surface area contributed by atoms with Crippen molar-refractivity contribution < 1.29 is 8.95 Å². The van der Waals surface area contributed by atoms with Crippen LogP contribution in [0.5, 0.6) is 0 Å². The van der Waals surface area contributed by atoms with E-state index in [1.807, 2.05) is 30.3 Å². The van der Waals surface area contributed by atoms with Crippen LogP contribution in [0.2, 0.25) is 0 Å². The minimum Gasteiger partial charge on any atom is -0.381 e. The highest BCUT2D eigenvalue weighted by atomic mass is 32.2. The molecule has 4 heteroatoms. The van der Waals surface area contributed by atoms with Gasteiger partial charge >= 0.3 is 0 Å². The third kappa shape index (κ3) is 3.63. The standard InChI is InChI=1S/C13H19NO2S/c14-13(11-4-2-1-3-5-11)10-17(15)12-6-8-16-9-7-12/h1-5,12-13H,6-10,14H2. The van der Waals surface area contributed by atoms with E-state index in [0.717, 1.165) is 31.6 Å². The van der Waals surface area contributed by atoms with Gasteiger partial charge in [-0.1, -0.05) is 30.3 Å². The first-order chi connectivity index (χ1) is 8.27. The van der Waals surface area contributed by atoms with E-state index >= 15 is 0 Å². The summed E-state index contributed by atoms with van der Waals surface area (Å²) >= 11 is 0. The molecule has 2 N–H and O–H groups in total. The highest BCUT2D eigenvalue weighted by Gasteiger charge is 2.22. The normalized spacial score (nSPS) is 21.0. The molecule has 17 heavy (non-hydrogen) atoms. The quantitative estimate of drug-likeness (QED) is 0.887. The Bertz CT molecular complexity index is 363. The summed E-state index contributed by atoms with van der Waals surface area (Å²) in [6.07, 6.45) is 1.79. The number of rotatable bonds is 4. The van der Waals surface area contributed by atoms with Crippen molar-refractivity contribution >= 4 is 10.8 Å². The van der Waals surface area contributed by atoms with Gasteiger partial charge in [-0.3, -0.25) is 4.21 Å². The molecule has 0 saturated carbocycles. The molecule has 1 aliphatic heterocycles. The molecule has 1 aromatic carbocycles. The van der Waals surface area contributed by atoms with Crippen molar-refractivity contribution in [1.29, 1.82) is 0 Å². The van der Waals surface area contributed by atoms with Crippen LogP contribution >= 0.6 is 0 Å². The molecule has 0 aliphatic carbocycles. The van der Waals surface area contributed by atoms with Gasteiger partial charge in [0.05, 0.1) is 0 Å². The smallest absolute Gasteiger partial charge is 0.0477 e. The van der Waals surface area contributed by atoms with E-state index in [-0.39, 0.29) is 11.3 Å². The Kier molecular flexibility index (Phi) is 4.71. The van der Waals surface area contributed by atoms with E-state index in [2.05, 4.69) is 0 Å². The molecule has 2 atom stereocenters. The van der Waals surface area contributed by atoms with Crippen LogP contribution in [0.25, 0.3) is 0 Å². The molecule has 94 valence electrons. The lowest BCUT2D eigenvalue weighted by Gasteiger charge is -2.23. The lowest BCUT2D eigenvalue weighted by atomic mass is 10.1. The van der Waals surface area contributed by atoms with Crippen LogP contribution in [0.15, 0.2) is 30.3 Å². The number of benzene rings is 1. The summed E-state index contributed by atoms with van der Waals surface area (Å²) in [5, 5.41) is 0.263. The predicted molar refractivity (Wildman–Crippen MR) is 70.2 cm³/mol. The van der Waals surface area contributed by atoms with E-state index in [1.54, 1.807) is 0 Å². The third-order valence-electron chi connectivity index (χ3n) is 3.11. The number of ether oxygens (including phenoxy) is 1.